The van der Waals surface area contributed by atoms with Gasteiger partial charge >= 0.3 is 0 Å². The number of ether oxygens (including phenoxy) is 1. The number of aryl methyl sites for hydroxylation is 2. The Labute approximate surface area is 167 Å². The number of benzene rings is 2. The van der Waals surface area contributed by atoms with Gasteiger partial charge in [-0.15, -0.1) is 0 Å². The summed E-state index contributed by atoms with van der Waals surface area (Å²) in [4.78, 5) is 19.8. The molecular formula is C22H20N2O3S. The van der Waals surface area contributed by atoms with Gasteiger partial charge in [-0.1, -0.05) is 29.5 Å². The van der Waals surface area contributed by atoms with Crippen LogP contribution in [-0.4, -0.2) is 18.0 Å². The fourth-order valence-corrected chi connectivity index (χ4v) is 4.17. The summed E-state index contributed by atoms with van der Waals surface area (Å²) >= 11 is 1.52. The molecule has 1 amide bonds. The minimum atomic E-state index is -0.148. The van der Waals surface area contributed by atoms with Crippen molar-refractivity contribution in [2.45, 2.75) is 20.4 Å². The molecule has 4 rings (SSSR count). The van der Waals surface area contributed by atoms with Crippen LogP contribution < -0.4 is 9.64 Å². The van der Waals surface area contributed by atoms with Crippen LogP contribution in [0.4, 0.5) is 5.13 Å². The number of thiazole rings is 1. The second-order valence-electron chi connectivity index (χ2n) is 6.58. The molecule has 4 aromatic rings. The number of furan rings is 1. The average molecular weight is 392 g/mol. The summed E-state index contributed by atoms with van der Waals surface area (Å²) in [6, 6.07) is 15.0. The maximum absolute atomic E-state index is 13.4. The van der Waals surface area contributed by atoms with E-state index in [1.54, 1.807) is 30.4 Å². The summed E-state index contributed by atoms with van der Waals surface area (Å²) < 4.78 is 11.9. The number of amides is 1. The van der Waals surface area contributed by atoms with Crippen molar-refractivity contribution in [3.05, 3.63) is 77.2 Å². The number of methoxy groups -OCH3 is 1. The van der Waals surface area contributed by atoms with Crippen LogP contribution in [0.25, 0.3) is 10.2 Å². The van der Waals surface area contributed by atoms with E-state index in [1.807, 2.05) is 31.2 Å². The highest BCUT2D eigenvalue weighted by Gasteiger charge is 2.24. The molecule has 0 fully saturated rings. The standard InChI is InChI=1S/C22H20N2O3S/c1-14-9-10-15(2)20-19(14)23-22(28-20)24(13-18-8-5-11-27-18)21(25)16-6-4-7-17(12-16)26-3/h4-12H,13H2,1-3H3. The zero-order valence-corrected chi connectivity index (χ0v) is 16.7. The summed E-state index contributed by atoms with van der Waals surface area (Å²) in [7, 11) is 1.59. The molecular weight excluding hydrogens is 372 g/mol. The lowest BCUT2D eigenvalue weighted by atomic mass is 10.1. The smallest absolute Gasteiger partial charge is 0.260 e. The number of hydrogen-bond donors (Lipinski definition) is 0. The van der Waals surface area contributed by atoms with E-state index in [0.29, 0.717) is 28.7 Å². The molecule has 6 heteroatoms. The summed E-state index contributed by atoms with van der Waals surface area (Å²) in [6.45, 7) is 4.40. The van der Waals surface area contributed by atoms with E-state index in [9.17, 15) is 4.79 Å². The molecule has 0 N–H and O–H groups in total. The van der Waals surface area contributed by atoms with Crippen molar-refractivity contribution < 1.29 is 13.9 Å². The molecule has 0 bridgehead atoms. The van der Waals surface area contributed by atoms with E-state index in [2.05, 4.69) is 19.1 Å². The Balaban J connectivity index is 1.80. The highest BCUT2D eigenvalue weighted by molar-refractivity contribution is 7.22. The maximum Gasteiger partial charge on any atom is 0.260 e. The van der Waals surface area contributed by atoms with Crippen LogP contribution in [0.1, 0.15) is 27.2 Å². The maximum atomic E-state index is 13.4. The SMILES string of the molecule is COc1cccc(C(=O)N(Cc2ccco2)c2nc3c(C)ccc(C)c3s2)c1. The minimum absolute atomic E-state index is 0.148. The van der Waals surface area contributed by atoms with Crippen molar-refractivity contribution in [3.8, 4) is 5.75 Å². The summed E-state index contributed by atoms with van der Waals surface area (Å²) in [5, 5.41) is 0.650. The van der Waals surface area contributed by atoms with Crippen molar-refractivity contribution in [2.24, 2.45) is 0 Å². The van der Waals surface area contributed by atoms with E-state index >= 15 is 0 Å². The average Bonchev–Trinajstić information content (AvgIpc) is 3.39. The van der Waals surface area contributed by atoms with Gasteiger partial charge in [-0.25, -0.2) is 4.98 Å². The number of hydrogen-bond acceptors (Lipinski definition) is 5. The quantitative estimate of drug-likeness (QED) is 0.459. The predicted molar refractivity (Wildman–Crippen MR) is 111 cm³/mol. The highest BCUT2D eigenvalue weighted by atomic mass is 32.1. The first-order valence-corrected chi connectivity index (χ1v) is 9.73. The number of carbonyl (C=O) groups is 1. The first-order chi connectivity index (χ1) is 13.6. The third-order valence-corrected chi connectivity index (χ3v) is 5.83. The number of fused-ring (bicyclic) bond motifs is 1. The molecule has 142 valence electrons. The van der Waals surface area contributed by atoms with E-state index in [-0.39, 0.29) is 5.91 Å². The van der Waals surface area contributed by atoms with Crippen LogP contribution in [0.2, 0.25) is 0 Å². The molecule has 0 spiro atoms. The Hall–Kier alpha value is -3.12. The van der Waals surface area contributed by atoms with Crippen molar-refractivity contribution >= 4 is 32.6 Å². The van der Waals surface area contributed by atoms with Crippen LogP contribution in [0.5, 0.6) is 5.75 Å². The molecule has 0 radical (unpaired) electrons. The van der Waals surface area contributed by atoms with Gasteiger partial charge in [-0.05, 0) is 55.3 Å². The van der Waals surface area contributed by atoms with E-state index < -0.39 is 0 Å². The van der Waals surface area contributed by atoms with Gasteiger partial charge in [0.15, 0.2) is 5.13 Å². The molecule has 0 aliphatic rings. The number of anilines is 1. The van der Waals surface area contributed by atoms with Gasteiger partial charge in [0.05, 0.1) is 30.1 Å². The van der Waals surface area contributed by atoms with E-state index in [0.717, 1.165) is 21.3 Å². The van der Waals surface area contributed by atoms with Crippen LogP contribution in [0, 0.1) is 13.8 Å². The van der Waals surface area contributed by atoms with Gasteiger partial charge in [0, 0.05) is 5.56 Å². The number of rotatable bonds is 5. The van der Waals surface area contributed by atoms with Crippen molar-refractivity contribution in [3.63, 3.8) is 0 Å². The van der Waals surface area contributed by atoms with Gasteiger partial charge in [-0.3, -0.25) is 9.69 Å². The first-order valence-electron chi connectivity index (χ1n) is 8.92. The molecule has 0 aliphatic carbocycles. The molecule has 0 aliphatic heterocycles. The molecule has 28 heavy (non-hydrogen) atoms. The normalized spacial score (nSPS) is 11.0. The van der Waals surface area contributed by atoms with Crippen molar-refractivity contribution in [2.75, 3.05) is 12.0 Å². The molecule has 2 aromatic carbocycles. The minimum Gasteiger partial charge on any atom is -0.497 e. The highest BCUT2D eigenvalue weighted by Crippen LogP contribution is 2.34. The van der Waals surface area contributed by atoms with Gasteiger partial charge in [0.2, 0.25) is 0 Å². The Bertz CT molecular complexity index is 1090. The third-order valence-electron chi connectivity index (χ3n) is 4.62. The van der Waals surface area contributed by atoms with Gasteiger partial charge in [0.25, 0.3) is 5.91 Å². The molecule has 5 nitrogen and oxygen atoms in total. The molecule has 0 saturated carbocycles. The van der Waals surface area contributed by atoms with E-state index in [4.69, 9.17) is 14.1 Å². The number of carbonyl (C=O) groups excluding carboxylic acids is 1. The lowest BCUT2D eigenvalue weighted by Gasteiger charge is -2.19. The van der Waals surface area contributed by atoms with Crippen LogP contribution in [-0.2, 0) is 6.54 Å². The summed E-state index contributed by atoms with van der Waals surface area (Å²) in [5.74, 6) is 1.19. The Kier molecular flexibility index (Phi) is 4.88. The molecule has 0 atom stereocenters. The Morgan fingerprint density at radius 1 is 1.14 bits per heavy atom. The monoisotopic (exact) mass is 392 g/mol. The number of aromatic nitrogens is 1. The van der Waals surface area contributed by atoms with Crippen LogP contribution in [0.15, 0.2) is 59.2 Å². The lowest BCUT2D eigenvalue weighted by molar-refractivity contribution is 0.0983. The predicted octanol–water partition coefficient (Wildman–Crippen LogP) is 5.36. The zero-order valence-electron chi connectivity index (χ0n) is 15.9. The Morgan fingerprint density at radius 2 is 1.96 bits per heavy atom. The van der Waals surface area contributed by atoms with Crippen molar-refractivity contribution in [1.82, 2.24) is 4.98 Å². The summed E-state index contributed by atoms with van der Waals surface area (Å²) in [5.41, 5.74) is 3.72. The third kappa shape index (κ3) is 3.39. The largest absolute Gasteiger partial charge is 0.497 e. The first kappa shape index (κ1) is 18.3. The fourth-order valence-electron chi connectivity index (χ4n) is 3.06. The topological polar surface area (TPSA) is 55.6 Å². The zero-order chi connectivity index (χ0) is 19.7. The summed E-state index contributed by atoms with van der Waals surface area (Å²) in [6.07, 6.45) is 1.61. The van der Waals surface area contributed by atoms with Gasteiger partial charge in [0.1, 0.15) is 11.5 Å². The van der Waals surface area contributed by atoms with Crippen molar-refractivity contribution in [1.29, 1.82) is 0 Å². The molecule has 2 aromatic heterocycles. The van der Waals surface area contributed by atoms with Crippen LogP contribution >= 0.6 is 11.3 Å². The Morgan fingerprint density at radius 3 is 2.68 bits per heavy atom. The van der Waals surface area contributed by atoms with Gasteiger partial charge < -0.3 is 9.15 Å². The fraction of sp³-hybridized carbons (Fsp3) is 0.182. The molecule has 0 unspecified atom stereocenters. The number of nitrogens with zero attached hydrogens (tertiary/aromatic N) is 2. The van der Waals surface area contributed by atoms with Crippen LogP contribution in [0.3, 0.4) is 0 Å². The molecule has 0 saturated heterocycles. The second-order valence-corrected chi connectivity index (χ2v) is 7.55. The molecule has 2 heterocycles. The lowest BCUT2D eigenvalue weighted by Crippen LogP contribution is -2.30. The van der Waals surface area contributed by atoms with Gasteiger partial charge in [-0.2, -0.15) is 0 Å². The second kappa shape index (κ2) is 7.48. The van der Waals surface area contributed by atoms with E-state index in [1.165, 1.54) is 11.3 Å².